The van der Waals surface area contributed by atoms with Crippen LogP contribution in [0.1, 0.15) is 16.2 Å². The number of imidazole rings is 1. The average Bonchev–Trinajstić information content (AvgIpc) is 2.77. The summed E-state index contributed by atoms with van der Waals surface area (Å²) in [6, 6.07) is 4.92. The molecule has 2 aromatic rings. The first-order valence-corrected chi connectivity index (χ1v) is 6.60. The number of hydrogen-bond acceptors (Lipinski definition) is 3. The van der Waals surface area contributed by atoms with E-state index in [9.17, 15) is 4.79 Å². The summed E-state index contributed by atoms with van der Waals surface area (Å²) in [4.78, 5) is 15.1. The summed E-state index contributed by atoms with van der Waals surface area (Å²) in [6.07, 6.45) is 4.48. The molecule has 0 saturated carbocycles. The maximum atomic E-state index is 10.8. The number of anilines is 1. The second-order valence-corrected chi connectivity index (χ2v) is 4.99. The van der Waals surface area contributed by atoms with Gasteiger partial charge in [0.2, 0.25) is 0 Å². The minimum absolute atomic E-state index is 0.265. The van der Waals surface area contributed by atoms with Crippen LogP contribution in [0.25, 0.3) is 0 Å². The van der Waals surface area contributed by atoms with Gasteiger partial charge in [0, 0.05) is 42.6 Å². The first-order chi connectivity index (χ1) is 9.08. The van der Waals surface area contributed by atoms with E-state index in [0.717, 1.165) is 29.0 Å². The molecule has 0 radical (unpaired) electrons. The fraction of sp³-hybridized carbons (Fsp3) is 0.231. The van der Waals surface area contributed by atoms with Crippen molar-refractivity contribution >= 4 is 27.6 Å². The van der Waals surface area contributed by atoms with Crippen LogP contribution in [0.3, 0.4) is 0 Å². The van der Waals surface area contributed by atoms with Gasteiger partial charge in [0.05, 0.1) is 5.56 Å². The number of aromatic carboxylic acids is 1. The lowest BCUT2D eigenvalue weighted by Gasteiger charge is -2.09. The zero-order chi connectivity index (χ0) is 13.8. The summed E-state index contributed by atoms with van der Waals surface area (Å²) in [5.74, 6) is 0.0750. The number of nitrogens with zero attached hydrogens (tertiary/aromatic N) is 2. The minimum atomic E-state index is -0.930. The number of aromatic nitrogens is 2. The van der Waals surface area contributed by atoms with Crippen LogP contribution in [-0.4, -0.2) is 27.2 Å². The number of carbonyl (C=O) groups is 1. The fourth-order valence-corrected chi connectivity index (χ4v) is 2.26. The topological polar surface area (TPSA) is 67.2 Å². The van der Waals surface area contributed by atoms with Crippen molar-refractivity contribution in [1.82, 2.24) is 9.55 Å². The Labute approximate surface area is 119 Å². The number of rotatable bonds is 5. The van der Waals surface area contributed by atoms with Gasteiger partial charge < -0.3 is 15.0 Å². The van der Waals surface area contributed by atoms with Gasteiger partial charge in [0.1, 0.15) is 5.82 Å². The summed E-state index contributed by atoms with van der Waals surface area (Å²) in [5.41, 5.74) is 1.14. The van der Waals surface area contributed by atoms with E-state index in [4.69, 9.17) is 5.11 Å². The molecule has 0 amide bonds. The summed E-state index contributed by atoms with van der Waals surface area (Å²) < 4.78 is 2.72. The molecule has 0 aliphatic carbocycles. The fourth-order valence-electron chi connectivity index (χ4n) is 1.74. The maximum absolute atomic E-state index is 10.8. The minimum Gasteiger partial charge on any atom is -0.478 e. The molecular weight excluding hydrogens is 310 g/mol. The second kappa shape index (κ2) is 5.88. The zero-order valence-corrected chi connectivity index (χ0v) is 12.0. The Morgan fingerprint density at radius 1 is 1.53 bits per heavy atom. The quantitative estimate of drug-likeness (QED) is 0.887. The Morgan fingerprint density at radius 2 is 2.32 bits per heavy atom. The average molecular weight is 324 g/mol. The zero-order valence-electron chi connectivity index (χ0n) is 10.4. The van der Waals surface area contributed by atoms with Gasteiger partial charge >= 0.3 is 5.97 Å². The van der Waals surface area contributed by atoms with Gasteiger partial charge in [-0.1, -0.05) is 0 Å². The molecule has 0 aliphatic heterocycles. The van der Waals surface area contributed by atoms with Crippen LogP contribution in [-0.2, 0) is 13.5 Å². The molecule has 1 aromatic carbocycles. The molecule has 0 bridgehead atoms. The lowest BCUT2D eigenvalue weighted by molar-refractivity contribution is 0.0697. The van der Waals surface area contributed by atoms with E-state index >= 15 is 0 Å². The molecule has 5 nitrogen and oxygen atoms in total. The van der Waals surface area contributed by atoms with Crippen LogP contribution in [0.15, 0.2) is 35.1 Å². The molecular formula is C13H14BrN3O2. The number of aryl methyl sites for hydroxylation is 1. The van der Waals surface area contributed by atoms with Gasteiger partial charge in [-0.2, -0.15) is 0 Å². The number of benzene rings is 1. The van der Waals surface area contributed by atoms with Gasteiger partial charge in [0.25, 0.3) is 0 Å². The lowest BCUT2D eigenvalue weighted by Crippen LogP contribution is -2.09. The van der Waals surface area contributed by atoms with Crippen molar-refractivity contribution < 1.29 is 9.90 Å². The van der Waals surface area contributed by atoms with Gasteiger partial charge in [0.15, 0.2) is 0 Å². The van der Waals surface area contributed by atoms with E-state index in [0.29, 0.717) is 0 Å². The molecule has 0 atom stereocenters. The first kappa shape index (κ1) is 13.6. The molecule has 19 heavy (non-hydrogen) atoms. The molecule has 0 aliphatic rings. The van der Waals surface area contributed by atoms with E-state index in [2.05, 4.69) is 26.2 Å². The standard InChI is InChI=1S/C13H14BrN3O2/c1-17-7-6-16-12(17)4-5-15-11-3-2-9(13(18)19)8-10(11)14/h2-3,6-8,15H,4-5H2,1H3,(H,18,19). The van der Waals surface area contributed by atoms with Gasteiger partial charge in [-0.25, -0.2) is 9.78 Å². The van der Waals surface area contributed by atoms with E-state index in [1.165, 1.54) is 0 Å². The van der Waals surface area contributed by atoms with Crippen molar-refractivity contribution in [2.45, 2.75) is 6.42 Å². The van der Waals surface area contributed by atoms with Gasteiger partial charge in [-0.05, 0) is 34.1 Å². The van der Waals surface area contributed by atoms with Crippen molar-refractivity contribution in [2.24, 2.45) is 7.05 Å². The highest BCUT2D eigenvalue weighted by atomic mass is 79.9. The van der Waals surface area contributed by atoms with Crippen molar-refractivity contribution in [3.05, 3.63) is 46.5 Å². The number of carboxylic acid groups (broad SMARTS) is 1. The van der Waals surface area contributed by atoms with Crippen LogP contribution in [0.2, 0.25) is 0 Å². The Morgan fingerprint density at radius 3 is 2.89 bits per heavy atom. The van der Waals surface area contributed by atoms with E-state index in [1.807, 2.05) is 17.8 Å². The highest BCUT2D eigenvalue weighted by molar-refractivity contribution is 9.10. The van der Waals surface area contributed by atoms with Crippen molar-refractivity contribution in [2.75, 3.05) is 11.9 Å². The summed E-state index contributed by atoms with van der Waals surface area (Å²) in [5, 5.41) is 12.1. The van der Waals surface area contributed by atoms with Crippen LogP contribution >= 0.6 is 15.9 Å². The molecule has 1 aromatic heterocycles. The summed E-state index contributed by atoms with van der Waals surface area (Å²) in [7, 11) is 1.96. The predicted octanol–water partition coefficient (Wildman–Crippen LogP) is 2.54. The number of halogens is 1. The Balaban J connectivity index is 1.96. The first-order valence-electron chi connectivity index (χ1n) is 5.81. The van der Waals surface area contributed by atoms with Gasteiger partial charge in [-0.3, -0.25) is 0 Å². The lowest BCUT2D eigenvalue weighted by atomic mass is 10.2. The van der Waals surface area contributed by atoms with Crippen LogP contribution in [0.4, 0.5) is 5.69 Å². The Bertz CT molecular complexity index is 595. The molecule has 1 heterocycles. The van der Waals surface area contributed by atoms with Crippen LogP contribution < -0.4 is 5.32 Å². The monoisotopic (exact) mass is 323 g/mol. The highest BCUT2D eigenvalue weighted by Crippen LogP contribution is 2.23. The smallest absolute Gasteiger partial charge is 0.335 e. The molecule has 0 unspecified atom stereocenters. The SMILES string of the molecule is Cn1ccnc1CCNc1ccc(C(=O)O)cc1Br. The van der Waals surface area contributed by atoms with E-state index < -0.39 is 5.97 Å². The summed E-state index contributed by atoms with van der Waals surface area (Å²) >= 11 is 3.36. The molecule has 0 fully saturated rings. The molecule has 2 N–H and O–H groups in total. The number of nitrogens with one attached hydrogen (secondary N) is 1. The largest absolute Gasteiger partial charge is 0.478 e. The maximum Gasteiger partial charge on any atom is 0.335 e. The molecule has 2 rings (SSSR count). The van der Waals surface area contributed by atoms with E-state index in [-0.39, 0.29) is 5.56 Å². The number of carboxylic acids is 1. The van der Waals surface area contributed by atoms with Crippen molar-refractivity contribution in [1.29, 1.82) is 0 Å². The van der Waals surface area contributed by atoms with Crippen LogP contribution in [0.5, 0.6) is 0 Å². The van der Waals surface area contributed by atoms with Crippen LogP contribution in [0, 0.1) is 0 Å². The summed E-state index contributed by atoms with van der Waals surface area (Å²) in [6.45, 7) is 0.732. The number of hydrogen-bond donors (Lipinski definition) is 2. The van der Waals surface area contributed by atoms with Crippen molar-refractivity contribution in [3.8, 4) is 0 Å². The third kappa shape index (κ3) is 3.35. The third-order valence-electron chi connectivity index (χ3n) is 2.80. The Kier molecular flexibility index (Phi) is 4.21. The molecule has 6 heteroatoms. The van der Waals surface area contributed by atoms with Gasteiger partial charge in [-0.15, -0.1) is 0 Å². The van der Waals surface area contributed by atoms with E-state index in [1.54, 1.807) is 24.4 Å². The molecule has 100 valence electrons. The molecule has 0 saturated heterocycles. The van der Waals surface area contributed by atoms with Crippen molar-refractivity contribution in [3.63, 3.8) is 0 Å². The predicted molar refractivity (Wildman–Crippen MR) is 76.5 cm³/mol. The second-order valence-electron chi connectivity index (χ2n) is 4.13. The Hall–Kier alpha value is -1.82. The normalized spacial score (nSPS) is 10.4. The third-order valence-corrected chi connectivity index (χ3v) is 3.46. The molecule has 0 spiro atoms. The highest BCUT2D eigenvalue weighted by Gasteiger charge is 2.06.